The quantitative estimate of drug-likeness (QED) is 0.0574. The molecule has 1 rings (SSSR count). The van der Waals surface area contributed by atoms with Gasteiger partial charge in [0, 0.05) is 37.4 Å². The Balaban J connectivity index is 2.28. The van der Waals surface area contributed by atoms with Crippen molar-refractivity contribution in [1.29, 1.82) is 0 Å². The fourth-order valence-electron chi connectivity index (χ4n) is 4.03. The molecule has 0 aliphatic heterocycles. The second-order valence-electron chi connectivity index (χ2n) is 10.5. The summed E-state index contributed by atoms with van der Waals surface area (Å²) in [6.07, 6.45) is 0.807. The highest BCUT2D eigenvalue weighted by Crippen LogP contribution is 2.38. The Morgan fingerprint density at radius 2 is 1.41 bits per heavy atom. The molecule has 0 radical (unpaired) electrons. The third-order valence-electron chi connectivity index (χ3n) is 6.49. The smallest absolute Gasteiger partial charge is 0.403 e. The van der Waals surface area contributed by atoms with Gasteiger partial charge in [-0.1, -0.05) is 6.42 Å². The largest absolute Gasteiger partial charge is 0.481 e. The Hall–Kier alpha value is -3.92. The maximum Gasteiger partial charge on any atom is 0.403 e. The van der Waals surface area contributed by atoms with Crippen LogP contribution in [0.5, 0.6) is 0 Å². The number of nitrogens with one attached hydrogen (secondary N) is 4. The molecule has 0 aliphatic rings. The first-order valence-corrected chi connectivity index (χ1v) is 16.2. The molecular weight excluding hydrogens is 634 g/mol. The lowest BCUT2D eigenvalue weighted by Gasteiger charge is -2.19. The van der Waals surface area contributed by atoms with Gasteiger partial charge in [-0.15, -0.1) is 0 Å². The molecule has 16 nitrogen and oxygen atoms in total. The van der Waals surface area contributed by atoms with E-state index in [9.17, 15) is 47.7 Å². The minimum absolute atomic E-state index is 0.0522. The first kappa shape index (κ1) is 40.1. The molecule has 0 fully saturated rings. The van der Waals surface area contributed by atoms with Crippen molar-refractivity contribution in [2.45, 2.75) is 89.3 Å². The Morgan fingerprint density at radius 1 is 0.804 bits per heavy atom. The van der Waals surface area contributed by atoms with Gasteiger partial charge in [0.25, 0.3) is 5.91 Å². The zero-order valence-electron chi connectivity index (χ0n) is 25.4. The average Bonchev–Trinajstić information content (AvgIpc) is 2.97. The predicted octanol–water partition coefficient (Wildman–Crippen LogP) is 1.78. The van der Waals surface area contributed by atoms with Gasteiger partial charge in [0.15, 0.2) is 0 Å². The highest BCUT2D eigenvalue weighted by atomic mass is 31.2. The summed E-state index contributed by atoms with van der Waals surface area (Å²) in [6, 6.07) is 1.78. The number of aliphatic carboxylic acids is 3. The molecule has 4 atom stereocenters. The van der Waals surface area contributed by atoms with Crippen LogP contribution >= 0.6 is 7.75 Å². The number of carboxylic acids is 3. The third-order valence-corrected chi connectivity index (χ3v) is 7.66. The lowest BCUT2D eigenvalue weighted by atomic mass is 10.1. The Labute approximate surface area is 265 Å². The van der Waals surface area contributed by atoms with E-state index in [0.29, 0.717) is 37.8 Å². The maximum atomic E-state index is 12.9. The van der Waals surface area contributed by atoms with E-state index in [2.05, 4.69) is 16.0 Å². The third kappa shape index (κ3) is 18.1. The number of hydrogen-bond donors (Lipinski definition) is 8. The molecule has 0 bridgehead atoms. The van der Waals surface area contributed by atoms with Crippen LogP contribution in [0.2, 0.25) is 0 Å². The monoisotopic (exact) mass is 676 g/mol. The Bertz CT molecular complexity index is 1230. The van der Waals surface area contributed by atoms with Gasteiger partial charge in [-0.05, 0) is 69.7 Å². The number of hydrogen-bond acceptors (Lipinski definition) is 8. The summed E-state index contributed by atoms with van der Waals surface area (Å²) in [7, 11) is -4.55. The standard InChI is InChI=1S/C28H42FN4O12P/c1-18(6-5-17-45-46(43,44)33-22(28(41)42)13-15-25(36)37)31-24(35)14-12-21(27(39)40)32-23(34)7-3-2-4-16-30-26(38)19-8-10-20(29)11-9-19/h8-11,18,21-22H,2-7,12-17H2,1H3,(H,30,38)(H,31,35)(H,32,34)(H,36,37)(H,39,40)(H,41,42)(H2,33,43,44)/t18-,21+,22+/m1/s1. The lowest BCUT2D eigenvalue weighted by Crippen LogP contribution is -2.42. The second-order valence-corrected chi connectivity index (χ2v) is 12.0. The van der Waals surface area contributed by atoms with Crippen molar-refractivity contribution in [1.82, 2.24) is 21.0 Å². The van der Waals surface area contributed by atoms with Crippen molar-refractivity contribution in [3.63, 3.8) is 0 Å². The van der Waals surface area contributed by atoms with Gasteiger partial charge >= 0.3 is 25.7 Å². The van der Waals surface area contributed by atoms with Gasteiger partial charge in [0.2, 0.25) is 11.8 Å². The summed E-state index contributed by atoms with van der Waals surface area (Å²) in [5.41, 5.74) is 0.324. The highest BCUT2D eigenvalue weighted by molar-refractivity contribution is 7.50. The maximum absolute atomic E-state index is 12.9. The zero-order valence-corrected chi connectivity index (χ0v) is 26.3. The predicted molar refractivity (Wildman–Crippen MR) is 160 cm³/mol. The first-order chi connectivity index (χ1) is 21.6. The SMILES string of the molecule is C[C@H](CCCOP(=O)(O)N[C@@H](CCC(=O)O)C(=O)O)NC(=O)CC[C@H](NC(=O)CCCCCNC(=O)c1ccc(F)cc1)C(=O)O. The van der Waals surface area contributed by atoms with Gasteiger partial charge in [-0.2, -0.15) is 0 Å². The molecule has 0 saturated carbocycles. The van der Waals surface area contributed by atoms with Crippen LogP contribution in [0.4, 0.5) is 4.39 Å². The van der Waals surface area contributed by atoms with E-state index in [0.717, 1.165) is 0 Å². The van der Waals surface area contributed by atoms with E-state index in [1.807, 2.05) is 5.09 Å². The molecule has 0 aromatic heterocycles. The molecule has 1 unspecified atom stereocenters. The molecule has 18 heteroatoms. The van der Waals surface area contributed by atoms with E-state index in [1.165, 1.54) is 24.3 Å². The summed E-state index contributed by atoms with van der Waals surface area (Å²) >= 11 is 0. The average molecular weight is 677 g/mol. The number of unbranched alkanes of at least 4 members (excludes halogenated alkanes) is 2. The first-order valence-electron chi connectivity index (χ1n) is 14.6. The number of carboxylic acid groups (broad SMARTS) is 3. The molecule has 3 amide bonds. The van der Waals surface area contributed by atoms with Gasteiger partial charge in [-0.25, -0.2) is 18.8 Å². The summed E-state index contributed by atoms with van der Waals surface area (Å²) in [6.45, 7) is 1.72. The van der Waals surface area contributed by atoms with Gasteiger partial charge in [0.05, 0.1) is 6.61 Å². The van der Waals surface area contributed by atoms with Crippen LogP contribution in [-0.4, -0.2) is 87.1 Å². The van der Waals surface area contributed by atoms with E-state index in [1.54, 1.807) is 6.92 Å². The van der Waals surface area contributed by atoms with Gasteiger partial charge in [-0.3, -0.25) is 28.5 Å². The topological polar surface area (TPSA) is 258 Å². The molecule has 0 aliphatic carbocycles. The van der Waals surface area contributed by atoms with E-state index in [-0.39, 0.29) is 38.2 Å². The van der Waals surface area contributed by atoms with Crippen molar-refractivity contribution in [3.05, 3.63) is 35.6 Å². The van der Waals surface area contributed by atoms with Crippen molar-refractivity contribution in [3.8, 4) is 0 Å². The molecule has 0 saturated heterocycles. The number of rotatable bonds is 24. The van der Waals surface area contributed by atoms with Crippen molar-refractivity contribution in [2.75, 3.05) is 13.2 Å². The van der Waals surface area contributed by atoms with E-state index < -0.39 is 74.3 Å². The zero-order chi connectivity index (χ0) is 34.7. The highest BCUT2D eigenvalue weighted by Gasteiger charge is 2.29. The summed E-state index contributed by atoms with van der Waals surface area (Å²) in [5.74, 6) is -5.85. The van der Waals surface area contributed by atoms with E-state index >= 15 is 0 Å². The second kappa shape index (κ2) is 21.0. The number of carbonyl (C=O) groups is 6. The number of halogens is 1. The van der Waals surface area contributed by atoms with Gasteiger partial charge < -0.3 is 36.2 Å². The summed E-state index contributed by atoms with van der Waals surface area (Å²) < 4.78 is 29.9. The van der Waals surface area contributed by atoms with Crippen LogP contribution in [0.1, 0.15) is 81.5 Å². The van der Waals surface area contributed by atoms with Gasteiger partial charge in [0.1, 0.15) is 17.9 Å². The number of amides is 3. The Morgan fingerprint density at radius 3 is 2.02 bits per heavy atom. The molecule has 0 heterocycles. The van der Waals surface area contributed by atoms with Crippen LogP contribution in [0.3, 0.4) is 0 Å². The van der Waals surface area contributed by atoms with Crippen LogP contribution < -0.4 is 21.0 Å². The van der Waals surface area contributed by atoms with Crippen LogP contribution in [0.25, 0.3) is 0 Å². The van der Waals surface area contributed by atoms with Crippen LogP contribution in [-0.2, 0) is 33.1 Å². The minimum Gasteiger partial charge on any atom is -0.481 e. The van der Waals surface area contributed by atoms with Crippen molar-refractivity contribution >= 4 is 43.4 Å². The fourth-order valence-corrected chi connectivity index (χ4v) is 5.12. The molecular formula is C28H42FN4O12P. The fraction of sp³-hybridized carbons (Fsp3) is 0.571. The molecule has 258 valence electrons. The van der Waals surface area contributed by atoms with Crippen molar-refractivity contribution in [2.24, 2.45) is 0 Å². The molecule has 46 heavy (non-hydrogen) atoms. The van der Waals surface area contributed by atoms with Crippen molar-refractivity contribution < 1.29 is 62.5 Å². The minimum atomic E-state index is -4.55. The molecule has 8 N–H and O–H groups in total. The molecule has 1 aromatic rings. The van der Waals surface area contributed by atoms with E-state index in [4.69, 9.17) is 14.7 Å². The van der Waals surface area contributed by atoms with Crippen LogP contribution in [0, 0.1) is 5.82 Å². The Kier molecular flexibility index (Phi) is 18.3. The number of carbonyl (C=O) groups excluding carboxylic acids is 3. The lowest BCUT2D eigenvalue weighted by molar-refractivity contribution is -0.142. The number of benzene rings is 1. The summed E-state index contributed by atoms with van der Waals surface area (Å²) in [5, 5.41) is 36.8. The normalized spacial score (nSPS) is 14.2. The molecule has 1 aromatic carbocycles. The molecule has 0 spiro atoms. The van der Waals surface area contributed by atoms with Crippen LogP contribution in [0.15, 0.2) is 24.3 Å². The summed E-state index contributed by atoms with van der Waals surface area (Å²) in [4.78, 5) is 79.7.